The minimum atomic E-state index is -1.28. The molecular formula is C42H46N12O5. The van der Waals surface area contributed by atoms with Crippen molar-refractivity contribution in [3.05, 3.63) is 83.4 Å². The summed E-state index contributed by atoms with van der Waals surface area (Å²) in [5.74, 6) is 0.570. The molecule has 3 saturated heterocycles. The van der Waals surface area contributed by atoms with E-state index in [1.54, 1.807) is 18.5 Å². The van der Waals surface area contributed by atoms with E-state index in [1.165, 1.54) is 0 Å². The zero-order chi connectivity index (χ0) is 40.3. The van der Waals surface area contributed by atoms with E-state index in [0.29, 0.717) is 17.7 Å². The van der Waals surface area contributed by atoms with Crippen molar-refractivity contribution in [3.8, 4) is 17.1 Å². The third-order valence-corrected chi connectivity index (χ3v) is 12.3. The van der Waals surface area contributed by atoms with E-state index < -0.39 is 24.1 Å². The molecule has 0 spiro atoms. The number of aromatic nitrogens is 6. The Balaban J connectivity index is 0.699. The first kappa shape index (κ1) is 37.2. The molecule has 304 valence electrons. The largest absolute Gasteiger partial charge is 0.488 e. The molecule has 0 bridgehead atoms. The second kappa shape index (κ2) is 15.0. The van der Waals surface area contributed by atoms with Gasteiger partial charge in [-0.2, -0.15) is 15.3 Å². The molecule has 7 heterocycles. The number of piperazine rings is 2. The molecule has 4 aliphatic heterocycles. The van der Waals surface area contributed by atoms with Gasteiger partial charge in [0.1, 0.15) is 29.7 Å². The maximum atomic E-state index is 13.4. The van der Waals surface area contributed by atoms with Crippen LogP contribution in [0.5, 0.6) is 5.75 Å². The molecule has 5 aliphatic rings. The van der Waals surface area contributed by atoms with Crippen molar-refractivity contribution in [2.75, 3.05) is 62.2 Å². The van der Waals surface area contributed by atoms with Gasteiger partial charge < -0.3 is 25.0 Å². The van der Waals surface area contributed by atoms with Crippen LogP contribution in [-0.2, 0) is 17.9 Å². The van der Waals surface area contributed by atoms with Crippen molar-refractivity contribution in [1.82, 2.24) is 50.4 Å². The summed E-state index contributed by atoms with van der Waals surface area (Å²) in [5.41, 5.74) is 5.86. The molecule has 0 radical (unpaired) electrons. The Bertz CT molecular complexity index is 2420. The summed E-state index contributed by atoms with van der Waals surface area (Å²) in [5, 5.41) is 30.7. The van der Waals surface area contributed by atoms with Crippen LogP contribution < -0.4 is 19.9 Å². The summed E-state index contributed by atoms with van der Waals surface area (Å²) in [7, 11) is 0. The number of fused-ring (bicyclic) bond motifs is 2. The summed E-state index contributed by atoms with van der Waals surface area (Å²) < 4.78 is 6.21. The molecule has 17 nitrogen and oxygen atoms in total. The van der Waals surface area contributed by atoms with Gasteiger partial charge in [0.15, 0.2) is 0 Å². The number of hydrogen-bond donors (Lipinski definition) is 3. The van der Waals surface area contributed by atoms with Gasteiger partial charge in [-0.3, -0.25) is 34.2 Å². The van der Waals surface area contributed by atoms with E-state index in [4.69, 9.17) is 4.74 Å². The number of H-pyrrole nitrogens is 1. The lowest BCUT2D eigenvalue weighted by atomic mass is 10.0. The van der Waals surface area contributed by atoms with Crippen LogP contribution in [0.15, 0.2) is 60.9 Å². The zero-order valence-corrected chi connectivity index (χ0v) is 32.9. The van der Waals surface area contributed by atoms with Crippen LogP contribution in [0.3, 0.4) is 0 Å². The van der Waals surface area contributed by atoms with Crippen molar-refractivity contribution in [2.45, 2.75) is 63.6 Å². The third kappa shape index (κ3) is 7.45. The normalized spacial score (nSPS) is 22.2. The van der Waals surface area contributed by atoms with Crippen molar-refractivity contribution in [2.24, 2.45) is 0 Å². The quantitative estimate of drug-likeness (QED) is 0.175. The first-order chi connectivity index (χ1) is 28.7. The van der Waals surface area contributed by atoms with E-state index in [9.17, 15) is 19.5 Å². The summed E-state index contributed by atoms with van der Waals surface area (Å²) >= 11 is 0. The van der Waals surface area contributed by atoms with Crippen LogP contribution in [0, 0.1) is 0 Å². The van der Waals surface area contributed by atoms with Gasteiger partial charge in [0, 0.05) is 89.0 Å². The average molecular weight is 799 g/mol. The Morgan fingerprint density at radius 3 is 2.17 bits per heavy atom. The lowest BCUT2D eigenvalue weighted by Crippen LogP contribution is -2.57. The average Bonchev–Trinajstić information content (AvgIpc) is 3.73. The van der Waals surface area contributed by atoms with Gasteiger partial charge in [-0.1, -0.05) is 0 Å². The minimum absolute atomic E-state index is 0.0584. The Hall–Kier alpha value is -6.04. The highest BCUT2D eigenvalue weighted by Gasteiger charge is 2.45. The van der Waals surface area contributed by atoms with Gasteiger partial charge in [-0.15, -0.1) is 0 Å². The van der Waals surface area contributed by atoms with Gasteiger partial charge in [0.05, 0.1) is 45.5 Å². The molecule has 2 unspecified atom stereocenters. The molecule has 59 heavy (non-hydrogen) atoms. The topological polar surface area (TPSA) is 189 Å². The Kier molecular flexibility index (Phi) is 9.45. The van der Waals surface area contributed by atoms with Gasteiger partial charge in [0.25, 0.3) is 11.8 Å². The number of piperidine rings is 1. The fourth-order valence-electron chi connectivity index (χ4n) is 8.57. The monoisotopic (exact) mass is 798 g/mol. The number of benzene rings is 2. The highest BCUT2D eigenvalue weighted by Crippen LogP contribution is 2.41. The number of aliphatic hydroxyl groups is 1. The van der Waals surface area contributed by atoms with Crippen molar-refractivity contribution in [1.29, 1.82) is 0 Å². The van der Waals surface area contributed by atoms with Crippen LogP contribution in [0.2, 0.25) is 0 Å². The van der Waals surface area contributed by atoms with Crippen molar-refractivity contribution in [3.63, 3.8) is 0 Å². The predicted octanol–water partition coefficient (Wildman–Crippen LogP) is 2.58. The Morgan fingerprint density at radius 1 is 0.797 bits per heavy atom. The second-order valence-corrected chi connectivity index (χ2v) is 16.5. The highest BCUT2D eigenvalue weighted by atomic mass is 16.5. The summed E-state index contributed by atoms with van der Waals surface area (Å²) in [6.45, 7) is 10.1. The smallest absolute Gasteiger partial charge is 0.262 e. The minimum Gasteiger partial charge on any atom is -0.488 e. The molecule has 3 amide bonds. The molecule has 3 aromatic heterocycles. The van der Waals surface area contributed by atoms with Crippen LogP contribution >= 0.6 is 0 Å². The van der Waals surface area contributed by atoms with Gasteiger partial charge in [-0.25, -0.2) is 9.97 Å². The van der Waals surface area contributed by atoms with Gasteiger partial charge >= 0.3 is 0 Å². The Labute approximate surface area is 340 Å². The van der Waals surface area contributed by atoms with E-state index in [0.717, 1.165) is 128 Å². The number of nitrogens with one attached hydrogen (secondary N) is 2. The van der Waals surface area contributed by atoms with E-state index in [-0.39, 0.29) is 24.3 Å². The Morgan fingerprint density at radius 2 is 1.49 bits per heavy atom. The predicted molar refractivity (Wildman–Crippen MR) is 217 cm³/mol. The number of hydrogen-bond acceptors (Lipinski definition) is 14. The maximum absolute atomic E-state index is 13.4. The number of aliphatic hydroxyl groups excluding tert-OH is 1. The van der Waals surface area contributed by atoms with Crippen LogP contribution in [0.4, 0.5) is 11.5 Å². The lowest BCUT2D eigenvalue weighted by molar-refractivity contribution is -0.129. The van der Waals surface area contributed by atoms with E-state index in [2.05, 4.69) is 74.3 Å². The van der Waals surface area contributed by atoms with Crippen molar-refractivity contribution >= 4 is 40.1 Å². The SMILES string of the molecule is CC1(Oc2ccc3n[nH]c(-c4cc(N5CCN(Cc6ccc(CN7CCN(c8ccc9c(c8)C(=O)N(C8CCC(=O)NC8O)C9=O)CC7)nn6)CC5)ncn4)c3c2)CC1. The highest BCUT2D eigenvalue weighted by molar-refractivity contribution is 6.22. The zero-order valence-electron chi connectivity index (χ0n) is 32.9. The molecule has 17 heteroatoms. The van der Waals surface area contributed by atoms with E-state index in [1.807, 2.05) is 30.3 Å². The molecule has 5 aromatic rings. The van der Waals surface area contributed by atoms with Crippen LogP contribution in [0.1, 0.15) is 64.7 Å². The maximum Gasteiger partial charge on any atom is 0.262 e. The van der Waals surface area contributed by atoms with Crippen LogP contribution in [0.25, 0.3) is 22.3 Å². The number of nitrogens with zero attached hydrogens (tertiary/aromatic N) is 10. The van der Waals surface area contributed by atoms with Crippen molar-refractivity contribution < 1.29 is 24.2 Å². The molecule has 1 aliphatic carbocycles. The summed E-state index contributed by atoms with van der Waals surface area (Å²) in [6, 6.07) is 16.8. The number of carbonyl (C=O) groups excluding carboxylic acids is 3. The second-order valence-electron chi connectivity index (χ2n) is 16.5. The van der Waals surface area contributed by atoms with Gasteiger partial charge in [0.2, 0.25) is 5.91 Å². The third-order valence-electron chi connectivity index (χ3n) is 12.3. The number of amides is 3. The van der Waals surface area contributed by atoms with E-state index >= 15 is 0 Å². The standard InChI is InChI=1S/C42H46N12O5/c1-42(10-11-42)59-29-5-7-33-32(21-29)38(49-48-33)34-22-36(44-25-43-34)53-18-14-51(15-19-53)24-27-3-2-26(46-47-27)23-50-12-16-52(17-13-50)28-4-6-30-31(20-28)41(58)54(40(30)57)35-8-9-37(55)45-39(35)56/h2-7,20-22,25,35,39,56H,8-19,23-24H2,1H3,(H,45,55)(H,48,49). The number of rotatable bonds is 10. The molecule has 2 atom stereocenters. The summed E-state index contributed by atoms with van der Waals surface area (Å²) in [4.78, 5) is 57.8. The lowest BCUT2D eigenvalue weighted by Gasteiger charge is -2.36. The number of aromatic amines is 1. The fourth-order valence-corrected chi connectivity index (χ4v) is 8.57. The first-order valence-corrected chi connectivity index (χ1v) is 20.4. The molecule has 1 saturated carbocycles. The van der Waals surface area contributed by atoms with Gasteiger partial charge in [-0.05, 0) is 74.7 Å². The number of carbonyl (C=O) groups is 3. The summed E-state index contributed by atoms with van der Waals surface area (Å²) in [6.07, 6.45) is 2.87. The first-order valence-electron chi connectivity index (χ1n) is 20.4. The number of ether oxygens (including phenoxy) is 1. The molecule has 4 fully saturated rings. The number of anilines is 2. The number of imide groups is 1. The molecular weight excluding hydrogens is 753 g/mol. The fraction of sp³-hybridized carbons (Fsp3) is 0.429. The van der Waals surface area contributed by atoms with Crippen LogP contribution in [-0.4, -0.2) is 138 Å². The molecule has 10 rings (SSSR count). The molecule has 2 aromatic carbocycles. The molecule has 3 N–H and O–H groups in total.